The van der Waals surface area contributed by atoms with Gasteiger partial charge in [-0.2, -0.15) is 0 Å². The van der Waals surface area contributed by atoms with Crippen LogP contribution in [0.1, 0.15) is 46.0 Å². The minimum atomic E-state index is 0.288. The van der Waals surface area contributed by atoms with Crippen molar-refractivity contribution in [1.82, 2.24) is 0 Å². The number of ketones is 1. The highest BCUT2D eigenvalue weighted by atomic mass is 16.1. The Balaban J connectivity index is 2.67. The molecule has 0 bridgehead atoms. The zero-order chi connectivity index (χ0) is 9.84. The van der Waals surface area contributed by atoms with E-state index in [2.05, 4.69) is 13.5 Å². The monoisotopic (exact) mass is 180 g/mol. The molecule has 1 rings (SSSR count). The van der Waals surface area contributed by atoms with E-state index in [0.29, 0.717) is 18.1 Å². The highest BCUT2D eigenvalue weighted by Gasteiger charge is 2.29. The minimum Gasteiger partial charge on any atom is -0.299 e. The summed E-state index contributed by atoms with van der Waals surface area (Å²) in [6.07, 6.45) is 5.44. The Hall–Kier alpha value is -0.590. The first-order valence-corrected chi connectivity index (χ1v) is 5.35. The molecule has 0 saturated heterocycles. The number of carbonyl (C=O) groups is 1. The van der Waals surface area contributed by atoms with Gasteiger partial charge < -0.3 is 0 Å². The SMILES string of the molecule is C=C(C)[C@@H]1CCCC[C@@H]1C(=O)CC. The van der Waals surface area contributed by atoms with E-state index in [4.69, 9.17) is 0 Å². The number of Topliss-reactive ketones (excluding diaryl/α,β-unsaturated/α-hetero) is 1. The van der Waals surface area contributed by atoms with Crippen LogP contribution in [0.15, 0.2) is 12.2 Å². The lowest BCUT2D eigenvalue weighted by Gasteiger charge is -2.30. The van der Waals surface area contributed by atoms with Gasteiger partial charge in [-0.05, 0) is 25.7 Å². The average Bonchev–Trinajstić information content (AvgIpc) is 2.16. The zero-order valence-electron chi connectivity index (χ0n) is 8.81. The molecule has 0 spiro atoms. The molecule has 1 fully saturated rings. The number of hydrogen-bond donors (Lipinski definition) is 0. The first kappa shape index (κ1) is 10.5. The van der Waals surface area contributed by atoms with Crippen LogP contribution in [0.3, 0.4) is 0 Å². The van der Waals surface area contributed by atoms with Crippen LogP contribution in [-0.4, -0.2) is 5.78 Å². The largest absolute Gasteiger partial charge is 0.299 e. The summed E-state index contributed by atoms with van der Waals surface area (Å²) in [6, 6.07) is 0. The molecule has 1 aliphatic carbocycles. The lowest BCUT2D eigenvalue weighted by Crippen LogP contribution is -2.27. The molecule has 0 heterocycles. The number of carbonyl (C=O) groups excluding carboxylic acids is 1. The Morgan fingerprint density at radius 1 is 1.31 bits per heavy atom. The maximum Gasteiger partial charge on any atom is 0.136 e. The van der Waals surface area contributed by atoms with Crippen LogP contribution in [0.25, 0.3) is 0 Å². The quantitative estimate of drug-likeness (QED) is 0.609. The smallest absolute Gasteiger partial charge is 0.136 e. The van der Waals surface area contributed by atoms with Crippen molar-refractivity contribution < 1.29 is 4.79 Å². The third-order valence-electron chi connectivity index (χ3n) is 3.16. The molecule has 0 aliphatic heterocycles. The third-order valence-corrected chi connectivity index (χ3v) is 3.16. The van der Waals surface area contributed by atoms with Gasteiger partial charge in [-0.15, -0.1) is 0 Å². The highest BCUT2D eigenvalue weighted by Crippen LogP contribution is 2.35. The molecular weight excluding hydrogens is 160 g/mol. The molecule has 1 heteroatoms. The Morgan fingerprint density at radius 3 is 2.31 bits per heavy atom. The second-order valence-electron chi connectivity index (χ2n) is 4.16. The molecule has 0 amide bonds. The standard InChI is InChI=1S/C12H20O/c1-4-12(13)11-8-6-5-7-10(11)9(2)3/h10-11H,2,4-8H2,1,3H3/t10-,11-/m0/s1. The van der Waals surface area contributed by atoms with Gasteiger partial charge in [0.05, 0.1) is 0 Å². The first-order valence-electron chi connectivity index (χ1n) is 5.35. The van der Waals surface area contributed by atoms with Gasteiger partial charge in [-0.25, -0.2) is 0 Å². The summed E-state index contributed by atoms with van der Waals surface area (Å²) in [5.41, 5.74) is 1.20. The van der Waals surface area contributed by atoms with Crippen LogP contribution in [0.2, 0.25) is 0 Å². The van der Waals surface area contributed by atoms with Gasteiger partial charge in [-0.1, -0.05) is 31.9 Å². The van der Waals surface area contributed by atoms with E-state index in [0.717, 1.165) is 6.42 Å². The Kier molecular flexibility index (Phi) is 3.71. The van der Waals surface area contributed by atoms with Crippen molar-refractivity contribution >= 4 is 5.78 Å². The molecule has 0 unspecified atom stereocenters. The minimum absolute atomic E-state index is 0.288. The summed E-state index contributed by atoms with van der Waals surface area (Å²) in [6.45, 7) is 8.02. The van der Waals surface area contributed by atoms with Gasteiger partial charge in [0.2, 0.25) is 0 Å². The normalized spacial score (nSPS) is 28.5. The van der Waals surface area contributed by atoms with E-state index in [9.17, 15) is 4.79 Å². The van der Waals surface area contributed by atoms with Crippen molar-refractivity contribution in [3.05, 3.63) is 12.2 Å². The lowest BCUT2D eigenvalue weighted by atomic mass is 9.73. The van der Waals surface area contributed by atoms with E-state index < -0.39 is 0 Å². The van der Waals surface area contributed by atoms with Gasteiger partial charge in [0.25, 0.3) is 0 Å². The van der Waals surface area contributed by atoms with Crippen molar-refractivity contribution in [2.24, 2.45) is 11.8 Å². The van der Waals surface area contributed by atoms with Crippen LogP contribution in [0.5, 0.6) is 0 Å². The average molecular weight is 180 g/mol. The molecule has 1 saturated carbocycles. The van der Waals surface area contributed by atoms with Gasteiger partial charge in [0.1, 0.15) is 5.78 Å². The summed E-state index contributed by atoms with van der Waals surface area (Å²) >= 11 is 0. The molecule has 74 valence electrons. The van der Waals surface area contributed by atoms with Crippen LogP contribution in [-0.2, 0) is 4.79 Å². The number of allylic oxidation sites excluding steroid dienone is 1. The maximum absolute atomic E-state index is 11.6. The predicted molar refractivity (Wildman–Crippen MR) is 55.6 cm³/mol. The molecule has 13 heavy (non-hydrogen) atoms. The lowest BCUT2D eigenvalue weighted by molar-refractivity contribution is -0.124. The molecule has 0 aromatic carbocycles. The number of hydrogen-bond acceptors (Lipinski definition) is 1. The van der Waals surface area contributed by atoms with Gasteiger partial charge in [-0.3, -0.25) is 4.79 Å². The van der Waals surface area contributed by atoms with E-state index in [-0.39, 0.29) is 5.92 Å². The Labute approximate surface area is 81.2 Å². The Bertz CT molecular complexity index is 205. The van der Waals surface area contributed by atoms with E-state index in [1.165, 1.54) is 24.8 Å². The van der Waals surface area contributed by atoms with Crippen LogP contribution in [0.4, 0.5) is 0 Å². The highest BCUT2D eigenvalue weighted by molar-refractivity contribution is 5.81. The number of rotatable bonds is 3. The van der Waals surface area contributed by atoms with Crippen molar-refractivity contribution in [3.8, 4) is 0 Å². The fourth-order valence-corrected chi connectivity index (χ4v) is 2.37. The molecule has 2 atom stereocenters. The first-order chi connectivity index (χ1) is 6.16. The molecule has 0 radical (unpaired) electrons. The van der Waals surface area contributed by atoms with E-state index >= 15 is 0 Å². The van der Waals surface area contributed by atoms with Crippen molar-refractivity contribution in [2.45, 2.75) is 46.0 Å². The summed E-state index contributed by atoms with van der Waals surface area (Å²) < 4.78 is 0. The molecule has 1 aliphatic rings. The topological polar surface area (TPSA) is 17.1 Å². The van der Waals surface area contributed by atoms with Crippen LogP contribution >= 0.6 is 0 Å². The second kappa shape index (κ2) is 4.59. The Morgan fingerprint density at radius 2 is 1.85 bits per heavy atom. The third kappa shape index (κ3) is 2.43. The van der Waals surface area contributed by atoms with Crippen molar-refractivity contribution in [2.75, 3.05) is 0 Å². The van der Waals surface area contributed by atoms with E-state index in [1.807, 2.05) is 6.92 Å². The van der Waals surface area contributed by atoms with E-state index in [1.54, 1.807) is 0 Å². The summed E-state index contributed by atoms with van der Waals surface area (Å²) in [4.78, 5) is 11.6. The molecule has 0 N–H and O–H groups in total. The van der Waals surface area contributed by atoms with Crippen LogP contribution < -0.4 is 0 Å². The fourth-order valence-electron chi connectivity index (χ4n) is 2.37. The van der Waals surface area contributed by atoms with Crippen molar-refractivity contribution in [3.63, 3.8) is 0 Å². The molecule has 0 aromatic heterocycles. The molecule has 0 aromatic rings. The van der Waals surface area contributed by atoms with Crippen LogP contribution in [0, 0.1) is 11.8 Å². The maximum atomic E-state index is 11.6. The van der Waals surface area contributed by atoms with Crippen molar-refractivity contribution in [1.29, 1.82) is 0 Å². The summed E-state index contributed by atoms with van der Waals surface area (Å²) in [5.74, 6) is 1.20. The van der Waals surface area contributed by atoms with Gasteiger partial charge in [0, 0.05) is 12.3 Å². The molecular formula is C12H20O. The second-order valence-corrected chi connectivity index (χ2v) is 4.16. The summed E-state index contributed by atoms with van der Waals surface area (Å²) in [5, 5.41) is 0. The fraction of sp³-hybridized carbons (Fsp3) is 0.750. The predicted octanol–water partition coefficient (Wildman–Crippen LogP) is 3.35. The molecule has 1 nitrogen and oxygen atoms in total. The zero-order valence-corrected chi connectivity index (χ0v) is 8.81. The summed E-state index contributed by atoms with van der Waals surface area (Å²) in [7, 11) is 0. The van der Waals surface area contributed by atoms with Gasteiger partial charge >= 0.3 is 0 Å². The van der Waals surface area contributed by atoms with Gasteiger partial charge in [0.15, 0.2) is 0 Å².